The molecule has 0 aromatic rings. The molecule has 0 radical (unpaired) electrons. The van der Waals surface area contributed by atoms with Gasteiger partial charge in [0.25, 0.3) is 0 Å². The molecule has 1 saturated heterocycles. The fourth-order valence-electron chi connectivity index (χ4n) is 1.71. The Kier molecular flexibility index (Phi) is 4.20. The maximum Gasteiger partial charge on any atom is 0.0837 e. The standard InChI is InChI=1S/C11H22O2/c1-5-8(2)6-11-10(4)13-9(3)7-12-11/h8-11H,5-7H2,1-4H3. The van der Waals surface area contributed by atoms with Gasteiger partial charge in [0.15, 0.2) is 0 Å². The second-order valence-corrected chi connectivity index (χ2v) is 4.27. The number of rotatable bonds is 3. The lowest BCUT2D eigenvalue weighted by atomic mass is 9.97. The van der Waals surface area contributed by atoms with E-state index in [1.165, 1.54) is 6.42 Å². The van der Waals surface area contributed by atoms with Gasteiger partial charge in [-0.25, -0.2) is 0 Å². The summed E-state index contributed by atoms with van der Waals surface area (Å²) >= 11 is 0. The van der Waals surface area contributed by atoms with Gasteiger partial charge in [0, 0.05) is 0 Å². The van der Waals surface area contributed by atoms with Gasteiger partial charge in [-0.2, -0.15) is 0 Å². The van der Waals surface area contributed by atoms with Gasteiger partial charge in [0.05, 0.1) is 24.9 Å². The summed E-state index contributed by atoms with van der Waals surface area (Å²) in [6.07, 6.45) is 3.19. The Morgan fingerprint density at radius 1 is 1.38 bits per heavy atom. The summed E-state index contributed by atoms with van der Waals surface area (Å²) in [7, 11) is 0. The molecule has 13 heavy (non-hydrogen) atoms. The highest BCUT2D eigenvalue weighted by Gasteiger charge is 2.27. The molecule has 1 aliphatic heterocycles. The average molecular weight is 186 g/mol. The molecule has 0 amide bonds. The molecule has 0 aliphatic carbocycles. The maximum atomic E-state index is 5.75. The van der Waals surface area contributed by atoms with Crippen LogP contribution in [-0.2, 0) is 9.47 Å². The van der Waals surface area contributed by atoms with Crippen LogP contribution in [-0.4, -0.2) is 24.9 Å². The van der Waals surface area contributed by atoms with Crippen LogP contribution in [0.4, 0.5) is 0 Å². The molecule has 0 N–H and O–H groups in total. The van der Waals surface area contributed by atoms with Crippen LogP contribution in [0.15, 0.2) is 0 Å². The zero-order valence-corrected chi connectivity index (χ0v) is 9.25. The van der Waals surface area contributed by atoms with Gasteiger partial charge in [-0.05, 0) is 26.2 Å². The lowest BCUT2D eigenvalue weighted by Gasteiger charge is -2.34. The molecule has 0 aromatic heterocycles. The number of hydrogen-bond acceptors (Lipinski definition) is 2. The summed E-state index contributed by atoms with van der Waals surface area (Å²) in [5.74, 6) is 0.740. The molecular weight excluding hydrogens is 164 g/mol. The SMILES string of the molecule is CCC(C)CC1OCC(C)OC1C. The molecule has 1 rings (SSSR count). The van der Waals surface area contributed by atoms with Crippen molar-refractivity contribution in [2.24, 2.45) is 5.92 Å². The van der Waals surface area contributed by atoms with E-state index >= 15 is 0 Å². The van der Waals surface area contributed by atoms with Crippen molar-refractivity contribution in [2.45, 2.75) is 58.8 Å². The highest BCUT2D eigenvalue weighted by molar-refractivity contribution is 4.74. The second-order valence-electron chi connectivity index (χ2n) is 4.27. The minimum atomic E-state index is 0.262. The second kappa shape index (κ2) is 4.97. The highest BCUT2D eigenvalue weighted by atomic mass is 16.6. The van der Waals surface area contributed by atoms with E-state index in [9.17, 15) is 0 Å². The minimum absolute atomic E-state index is 0.262. The molecule has 2 heteroatoms. The Balaban J connectivity index is 2.33. The first-order valence-electron chi connectivity index (χ1n) is 5.40. The first kappa shape index (κ1) is 11.0. The van der Waals surface area contributed by atoms with Crippen molar-refractivity contribution in [1.82, 2.24) is 0 Å². The predicted molar refractivity (Wildman–Crippen MR) is 53.8 cm³/mol. The zero-order valence-electron chi connectivity index (χ0n) is 9.25. The van der Waals surface area contributed by atoms with Crippen LogP contribution in [0.25, 0.3) is 0 Å². The van der Waals surface area contributed by atoms with Crippen LogP contribution in [0.3, 0.4) is 0 Å². The third kappa shape index (κ3) is 3.28. The van der Waals surface area contributed by atoms with Crippen molar-refractivity contribution in [1.29, 1.82) is 0 Å². The van der Waals surface area contributed by atoms with E-state index in [1.807, 2.05) is 0 Å². The number of hydrogen-bond donors (Lipinski definition) is 0. The van der Waals surface area contributed by atoms with Crippen molar-refractivity contribution in [2.75, 3.05) is 6.61 Å². The van der Waals surface area contributed by atoms with Gasteiger partial charge in [-0.1, -0.05) is 20.3 Å². The summed E-state index contributed by atoms with van der Waals surface area (Å²) in [6, 6.07) is 0. The van der Waals surface area contributed by atoms with E-state index in [0.717, 1.165) is 18.9 Å². The Morgan fingerprint density at radius 2 is 2.08 bits per heavy atom. The van der Waals surface area contributed by atoms with E-state index in [2.05, 4.69) is 27.7 Å². The Morgan fingerprint density at radius 3 is 2.62 bits per heavy atom. The average Bonchev–Trinajstić information content (AvgIpc) is 2.09. The van der Waals surface area contributed by atoms with E-state index < -0.39 is 0 Å². The van der Waals surface area contributed by atoms with Crippen molar-refractivity contribution < 1.29 is 9.47 Å². The van der Waals surface area contributed by atoms with Crippen LogP contribution >= 0.6 is 0 Å². The normalized spacial score (nSPS) is 37.4. The molecule has 0 saturated carbocycles. The molecule has 2 nitrogen and oxygen atoms in total. The van der Waals surface area contributed by atoms with Gasteiger partial charge in [-0.15, -0.1) is 0 Å². The molecule has 4 atom stereocenters. The largest absolute Gasteiger partial charge is 0.373 e. The van der Waals surface area contributed by atoms with Gasteiger partial charge >= 0.3 is 0 Å². The van der Waals surface area contributed by atoms with Gasteiger partial charge in [-0.3, -0.25) is 0 Å². The fraction of sp³-hybridized carbons (Fsp3) is 1.00. The summed E-state index contributed by atoms with van der Waals surface area (Å²) in [5.41, 5.74) is 0. The molecule has 78 valence electrons. The Labute approximate surface area is 81.6 Å². The fourth-order valence-corrected chi connectivity index (χ4v) is 1.71. The van der Waals surface area contributed by atoms with E-state index in [4.69, 9.17) is 9.47 Å². The van der Waals surface area contributed by atoms with E-state index in [0.29, 0.717) is 6.10 Å². The van der Waals surface area contributed by atoms with Crippen LogP contribution < -0.4 is 0 Å². The van der Waals surface area contributed by atoms with Crippen LogP contribution in [0, 0.1) is 5.92 Å². The van der Waals surface area contributed by atoms with Gasteiger partial charge in [0.1, 0.15) is 0 Å². The highest BCUT2D eigenvalue weighted by Crippen LogP contribution is 2.21. The molecule has 0 bridgehead atoms. The topological polar surface area (TPSA) is 18.5 Å². The summed E-state index contributed by atoms with van der Waals surface area (Å²) in [6.45, 7) is 9.43. The Hall–Kier alpha value is -0.0800. The maximum absolute atomic E-state index is 5.75. The molecule has 0 aromatic carbocycles. The monoisotopic (exact) mass is 186 g/mol. The van der Waals surface area contributed by atoms with Crippen LogP contribution in [0.2, 0.25) is 0 Å². The van der Waals surface area contributed by atoms with Gasteiger partial charge < -0.3 is 9.47 Å². The molecule has 4 unspecified atom stereocenters. The van der Waals surface area contributed by atoms with E-state index in [1.54, 1.807) is 0 Å². The summed E-state index contributed by atoms with van der Waals surface area (Å²) < 4.78 is 11.5. The smallest absolute Gasteiger partial charge is 0.0837 e. The van der Waals surface area contributed by atoms with Crippen molar-refractivity contribution >= 4 is 0 Å². The molecular formula is C11H22O2. The van der Waals surface area contributed by atoms with Crippen molar-refractivity contribution in [3.63, 3.8) is 0 Å². The van der Waals surface area contributed by atoms with Crippen molar-refractivity contribution in [3.8, 4) is 0 Å². The van der Waals surface area contributed by atoms with Crippen LogP contribution in [0.1, 0.15) is 40.5 Å². The first-order valence-corrected chi connectivity index (χ1v) is 5.40. The molecule has 0 spiro atoms. The number of ether oxygens (including phenoxy) is 2. The molecule has 1 fully saturated rings. The van der Waals surface area contributed by atoms with E-state index in [-0.39, 0.29) is 12.2 Å². The zero-order chi connectivity index (χ0) is 9.84. The quantitative estimate of drug-likeness (QED) is 0.674. The minimum Gasteiger partial charge on any atom is -0.373 e. The third-order valence-electron chi connectivity index (χ3n) is 2.85. The first-order chi connectivity index (χ1) is 6.13. The van der Waals surface area contributed by atoms with Gasteiger partial charge in [0.2, 0.25) is 0 Å². The molecule has 1 heterocycles. The third-order valence-corrected chi connectivity index (χ3v) is 2.85. The lowest BCUT2D eigenvalue weighted by Crippen LogP contribution is -2.41. The van der Waals surface area contributed by atoms with Crippen LogP contribution in [0.5, 0.6) is 0 Å². The molecule has 1 aliphatic rings. The summed E-state index contributed by atoms with van der Waals surface area (Å²) in [5, 5.41) is 0. The predicted octanol–water partition coefficient (Wildman–Crippen LogP) is 2.62. The summed E-state index contributed by atoms with van der Waals surface area (Å²) in [4.78, 5) is 0. The lowest BCUT2D eigenvalue weighted by molar-refractivity contribution is -0.172. The Bertz CT molecular complexity index is 147. The van der Waals surface area contributed by atoms with Crippen molar-refractivity contribution in [3.05, 3.63) is 0 Å².